The highest BCUT2D eigenvalue weighted by Crippen LogP contribution is 2.13. The Hall–Kier alpha value is -1.65. The van der Waals surface area contributed by atoms with Crippen LogP contribution in [0.1, 0.15) is 181 Å². The molecule has 4 heteroatoms. The van der Waals surface area contributed by atoms with E-state index in [4.69, 9.17) is 0 Å². The summed E-state index contributed by atoms with van der Waals surface area (Å²) in [5, 5.41) is 22.8. The lowest BCUT2D eigenvalue weighted by molar-refractivity contribution is -0.123. The topological polar surface area (TPSA) is 69.6 Å². The Labute approximate surface area is 274 Å². The molecule has 4 nitrogen and oxygen atoms in total. The molecule has 0 aromatic carbocycles. The number of amides is 1. The van der Waals surface area contributed by atoms with Gasteiger partial charge in [0.1, 0.15) is 0 Å². The fourth-order valence-electron chi connectivity index (χ4n) is 5.33. The molecule has 3 N–H and O–H groups in total. The molecule has 0 aromatic heterocycles. The first-order chi connectivity index (χ1) is 21.7. The van der Waals surface area contributed by atoms with Crippen LogP contribution in [0.4, 0.5) is 0 Å². The number of carbonyl (C=O) groups excluding carboxylic acids is 1. The van der Waals surface area contributed by atoms with Gasteiger partial charge in [0.25, 0.3) is 0 Å². The predicted molar refractivity (Wildman–Crippen MR) is 193 cm³/mol. The third-order valence-corrected chi connectivity index (χ3v) is 8.24. The number of carbonyl (C=O) groups is 1. The van der Waals surface area contributed by atoms with Crippen LogP contribution in [0.2, 0.25) is 0 Å². The van der Waals surface area contributed by atoms with Crippen LogP contribution in [-0.4, -0.2) is 34.9 Å². The molecular formula is C40H73NO3. The summed E-state index contributed by atoms with van der Waals surface area (Å²) >= 11 is 0. The van der Waals surface area contributed by atoms with Crippen molar-refractivity contribution in [3.63, 3.8) is 0 Å². The molecule has 256 valence electrons. The van der Waals surface area contributed by atoms with Gasteiger partial charge in [0.2, 0.25) is 5.91 Å². The van der Waals surface area contributed by atoms with Crippen molar-refractivity contribution in [2.75, 3.05) is 6.61 Å². The van der Waals surface area contributed by atoms with Gasteiger partial charge in [-0.05, 0) is 64.2 Å². The Morgan fingerprint density at radius 2 is 0.932 bits per heavy atom. The van der Waals surface area contributed by atoms with E-state index in [9.17, 15) is 15.0 Å². The van der Waals surface area contributed by atoms with Crippen LogP contribution in [0.5, 0.6) is 0 Å². The fraction of sp³-hybridized carbons (Fsp3) is 0.775. The zero-order valence-corrected chi connectivity index (χ0v) is 29.2. The van der Waals surface area contributed by atoms with Gasteiger partial charge in [-0.15, -0.1) is 0 Å². The number of rotatable bonds is 33. The summed E-state index contributed by atoms with van der Waals surface area (Å²) in [5.41, 5.74) is 0. The van der Waals surface area contributed by atoms with Gasteiger partial charge in [0.05, 0.1) is 18.8 Å². The number of nitrogens with one attached hydrogen (secondary N) is 1. The summed E-state index contributed by atoms with van der Waals surface area (Å²) in [6.45, 7) is 4.20. The highest BCUT2D eigenvalue weighted by atomic mass is 16.3. The third-order valence-electron chi connectivity index (χ3n) is 8.24. The Morgan fingerprint density at radius 1 is 0.523 bits per heavy atom. The van der Waals surface area contributed by atoms with Crippen molar-refractivity contribution in [1.29, 1.82) is 0 Å². The lowest BCUT2D eigenvalue weighted by Gasteiger charge is -2.19. The number of aliphatic hydroxyl groups is 2. The zero-order chi connectivity index (χ0) is 32.2. The van der Waals surface area contributed by atoms with Crippen molar-refractivity contribution in [1.82, 2.24) is 5.32 Å². The molecule has 0 saturated heterocycles. The van der Waals surface area contributed by atoms with Crippen molar-refractivity contribution in [3.05, 3.63) is 48.6 Å². The zero-order valence-electron chi connectivity index (χ0n) is 29.2. The molecule has 0 bridgehead atoms. The van der Waals surface area contributed by atoms with Gasteiger partial charge >= 0.3 is 0 Å². The Balaban J connectivity index is 3.61. The van der Waals surface area contributed by atoms with E-state index in [0.717, 1.165) is 44.9 Å². The van der Waals surface area contributed by atoms with E-state index in [0.29, 0.717) is 6.42 Å². The highest BCUT2D eigenvalue weighted by Gasteiger charge is 2.17. The number of hydrogen-bond acceptors (Lipinski definition) is 3. The molecule has 2 atom stereocenters. The van der Waals surface area contributed by atoms with E-state index in [1.54, 1.807) is 6.08 Å². The summed E-state index contributed by atoms with van der Waals surface area (Å²) in [6, 6.07) is -0.644. The molecule has 44 heavy (non-hydrogen) atoms. The number of allylic oxidation sites excluding steroid dienone is 7. The lowest BCUT2D eigenvalue weighted by Crippen LogP contribution is -2.45. The van der Waals surface area contributed by atoms with Crippen LogP contribution in [-0.2, 0) is 4.79 Å². The fourth-order valence-corrected chi connectivity index (χ4v) is 5.33. The first kappa shape index (κ1) is 42.3. The van der Waals surface area contributed by atoms with Gasteiger partial charge in [0.15, 0.2) is 0 Å². The molecule has 0 aliphatic rings. The number of aliphatic hydroxyl groups excluding tert-OH is 2. The minimum absolute atomic E-state index is 0.0840. The Kier molecular flexibility index (Phi) is 34.5. The molecule has 0 fully saturated rings. The number of hydrogen-bond donors (Lipinski definition) is 3. The molecule has 0 heterocycles. The normalized spacial score (nSPS) is 13.6. The van der Waals surface area contributed by atoms with Gasteiger partial charge in [-0.1, -0.05) is 159 Å². The monoisotopic (exact) mass is 616 g/mol. The largest absolute Gasteiger partial charge is 0.394 e. The second-order valence-electron chi connectivity index (χ2n) is 12.6. The molecule has 0 rings (SSSR count). The summed E-state index contributed by atoms with van der Waals surface area (Å²) in [7, 11) is 0. The van der Waals surface area contributed by atoms with Crippen molar-refractivity contribution in [3.8, 4) is 0 Å². The highest BCUT2D eigenvalue weighted by molar-refractivity contribution is 5.76. The van der Waals surface area contributed by atoms with Gasteiger partial charge in [-0.25, -0.2) is 0 Å². The van der Waals surface area contributed by atoms with Crippen molar-refractivity contribution in [2.45, 2.75) is 193 Å². The lowest BCUT2D eigenvalue weighted by atomic mass is 10.0. The molecule has 0 spiro atoms. The Morgan fingerprint density at radius 3 is 1.41 bits per heavy atom. The Bertz CT molecular complexity index is 711. The van der Waals surface area contributed by atoms with Crippen LogP contribution in [0.25, 0.3) is 0 Å². The molecule has 0 aliphatic carbocycles. The van der Waals surface area contributed by atoms with Crippen LogP contribution in [0, 0.1) is 0 Å². The van der Waals surface area contributed by atoms with Crippen LogP contribution >= 0.6 is 0 Å². The van der Waals surface area contributed by atoms with E-state index in [2.05, 4.69) is 55.6 Å². The summed E-state index contributed by atoms with van der Waals surface area (Å²) in [5.74, 6) is -0.0840. The van der Waals surface area contributed by atoms with E-state index < -0.39 is 12.1 Å². The maximum Gasteiger partial charge on any atom is 0.220 e. The first-order valence-corrected chi connectivity index (χ1v) is 18.9. The molecular weight excluding hydrogens is 542 g/mol. The molecule has 1 amide bonds. The standard InChI is InChI=1S/C40H73NO3/c1-3-5-7-9-11-13-15-16-17-18-19-20-21-22-23-24-26-28-30-32-34-36-40(44)41-38(37-42)39(43)35-33-31-29-27-25-14-12-10-8-6-4-2/h8,10,18-19,25,27,33,35,38-39,42-43H,3-7,9,11-17,20-24,26,28-32,34,36-37H2,1-2H3,(H,41,44)/b10-8+,19-18-,27-25+,35-33+. The average Bonchev–Trinajstić information content (AvgIpc) is 3.03. The van der Waals surface area contributed by atoms with E-state index in [-0.39, 0.29) is 12.5 Å². The average molecular weight is 616 g/mol. The maximum absolute atomic E-state index is 12.3. The van der Waals surface area contributed by atoms with Crippen LogP contribution < -0.4 is 5.32 Å². The molecule has 2 unspecified atom stereocenters. The van der Waals surface area contributed by atoms with Crippen molar-refractivity contribution in [2.24, 2.45) is 0 Å². The molecule has 0 aliphatic heterocycles. The second-order valence-corrected chi connectivity index (χ2v) is 12.6. The maximum atomic E-state index is 12.3. The molecule has 0 aromatic rings. The number of unbranched alkanes of at least 4 members (excludes halogenated alkanes) is 20. The summed E-state index contributed by atoms with van der Waals surface area (Å²) in [6.07, 6.45) is 47.8. The van der Waals surface area contributed by atoms with E-state index >= 15 is 0 Å². The molecule has 0 radical (unpaired) electrons. The van der Waals surface area contributed by atoms with Gasteiger partial charge in [-0.3, -0.25) is 4.79 Å². The van der Waals surface area contributed by atoms with Gasteiger partial charge < -0.3 is 15.5 Å². The summed E-state index contributed by atoms with van der Waals surface area (Å²) in [4.78, 5) is 12.3. The van der Waals surface area contributed by atoms with E-state index in [1.165, 1.54) is 116 Å². The smallest absolute Gasteiger partial charge is 0.220 e. The van der Waals surface area contributed by atoms with Crippen molar-refractivity contribution < 1.29 is 15.0 Å². The van der Waals surface area contributed by atoms with Crippen LogP contribution in [0.15, 0.2) is 48.6 Å². The predicted octanol–water partition coefficient (Wildman–Crippen LogP) is 11.2. The summed E-state index contributed by atoms with van der Waals surface area (Å²) < 4.78 is 0. The molecule has 0 saturated carbocycles. The minimum atomic E-state index is -0.868. The minimum Gasteiger partial charge on any atom is -0.394 e. The SMILES string of the molecule is CCC/C=C/CC/C=C/CC/C=C/C(O)C(CO)NC(=O)CCCCCCCCCCC/C=C\CCCCCCCCCC. The van der Waals surface area contributed by atoms with Gasteiger partial charge in [0, 0.05) is 6.42 Å². The first-order valence-electron chi connectivity index (χ1n) is 18.9. The quantitative estimate of drug-likeness (QED) is 0.0508. The second kappa shape index (κ2) is 35.8. The third kappa shape index (κ3) is 31.8. The van der Waals surface area contributed by atoms with Gasteiger partial charge in [-0.2, -0.15) is 0 Å². The van der Waals surface area contributed by atoms with Crippen molar-refractivity contribution >= 4 is 5.91 Å². The van der Waals surface area contributed by atoms with Crippen LogP contribution in [0.3, 0.4) is 0 Å². The van der Waals surface area contributed by atoms with E-state index in [1.807, 2.05) is 6.08 Å².